The maximum absolute atomic E-state index is 12.0. The van der Waals surface area contributed by atoms with Gasteiger partial charge in [-0.25, -0.2) is 0 Å². The van der Waals surface area contributed by atoms with Crippen LogP contribution in [0.15, 0.2) is 41.3 Å². The minimum Gasteiger partial charge on any atom is -0.486 e. The van der Waals surface area contributed by atoms with E-state index in [-0.39, 0.29) is 5.91 Å². The van der Waals surface area contributed by atoms with E-state index in [1.807, 2.05) is 43.3 Å². The summed E-state index contributed by atoms with van der Waals surface area (Å²) in [6.45, 7) is 3.65. The van der Waals surface area contributed by atoms with Gasteiger partial charge in [0.25, 0.3) is 0 Å². The van der Waals surface area contributed by atoms with E-state index in [0.29, 0.717) is 48.5 Å². The SMILES string of the molecule is Cc1ccc(SCC(=O)NCCc2cc(Cl)c3c(c2)OCCO3)cc1. The van der Waals surface area contributed by atoms with Crippen molar-refractivity contribution >= 4 is 29.3 Å². The Bertz CT molecular complexity index is 749. The Labute approximate surface area is 156 Å². The van der Waals surface area contributed by atoms with Crippen molar-refractivity contribution < 1.29 is 14.3 Å². The molecule has 0 radical (unpaired) electrons. The molecule has 0 spiro atoms. The van der Waals surface area contributed by atoms with Crippen molar-refractivity contribution in [3.05, 3.63) is 52.5 Å². The molecule has 2 aromatic rings. The van der Waals surface area contributed by atoms with Crippen LogP contribution < -0.4 is 14.8 Å². The lowest BCUT2D eigenvalue weighted by Gasteiger charge is -2.20. The van der Waals surface area contributed by atoms with Crippen molar-refractivity contribution in [1.29, 1.82) is 0 Å². The Kier molecular flexibility index (Phi) is 6.10. The number of hydrogen-bond donors (Lipinski definition) is 1. The zero-order valence-electron chi connectivity index (χ0n) is 14.0. The number of carbonyl (C=O) groups excluding carboxylic acids is 1. The van der Waals surface area contributed by atoms with Crippen LogP contribution in [-0.2, 0) is 11.2 Å². The van der Waals surface area contributed by atoms with E-state index in [2.05, 4.69) is 5.32 Å². The van der Waals surface area contributed by atoms with Gasteiger partial charge in [0, 0.05) is 11.4 Å². The van der Waals surface area contributed by atoms with E-state index in [0.717, 1.165) is 10.5 Å². The molecule has 2 aromatic carbocycles. The number of ether oxygens (including phenoxy) is 2. The number of rotatable bonds is 6. The van der Waals surface area contributed by atoms with Crippen molar-refractivity contribution in [3.8, 4) is 11.5 Å². The van der Waals surface area contributed by atoms with E-state index in [1.54, 1.807) is 0 Å². The molecule has 132 valence electrons. The lowest BCUT2D eigenvalue weighted by molar-refractivity contribution is -0.118. The summed E-state index contributed by atoms with van der Waals surface area (Å²) in [5, 5.41) is 3.49. The predicted molar refractivity (Wildman–Crippen MR) is 101 cm³/mol. The number of benzene rings is 2. The molecule has 25 heavy (non-hydrogen) atoms. The first-order valence-electron chi connectivity index (χ1n) is 8.16. The molecule has 0 aromatic heterocycles. The second-order valence-electron chi connectivity index (χ2n) is 5.80. The molecule has 0 bridgehead atoms. The van der Waals surface area contributed by atoms with Crippen molar-refractivity contribution in [2.75, 3.05) is 25.5 Å². The average molecular weight is 378 g/mol. The second-order valence-corrected chi connectivity index (χ2v) is 7.26. The number of nitrogens with one attached hydrogen (secondary N) is 1. The number of carbonyl (C=O) groups is 1. The average Bonchev–Trinajstić information content (AvgIpc) is 2.61. The molecule has 6 heteroatoms. The number of amides is 1. The fraction of sp³-hybridized carbons (Fsp3) is 0.316. The lowest BCUT2D eigenvalue weighted by Crippen LogP contribution is -2.27. The maximum Gasteiger partial charge on any atom is 0.230 e. The molecule has 0 fully saturated rings. The van der Waals surface area contributed by atoms with Gasteiger partial charge >= 0.3 is 0 Å². The monoisotopic (exact) mass is 377 g/mol. The van der Waals surface area contributed by atoms with Crippen LogP contribution in [0.1, 0.15) is 11.1 Å². The summed E-state index contributed by atoms with van der Waals surface area (Å²) in [7, 11) is 0. The van der Waals surface area contributed by atoms with Crippen LogP contribution in [0.3, 0.4) is 0 Å². The molecule has 0 aliphatic carbocycles. The maximum atomic E-state index is 12.0. The highest BCUT2D eigenvalue weighted by atomic mass is 35.5. The molecule has 1 amide bonds. The summed E-state index contributed by atoms with van der Waals surface area (Å²) in [4.78, 5) is 13.1. The van der Waals surface area contributed by atoms with E-state index >= 15 is 0 Å². The van der Waals surface area contributed by atoms with Crippen LogP contribution in [0, 0.1) is 6.92 Å². The number of fused-ring (bicyclic) bond motifs is 1. The van der Waals surface area contributed by atoms with Gasteiger partial charge in [0.15, 0.2) is 11.5 Å². The van der Waals surface area contributed by atoms with E-state index in [1.165, 1.54) is 17.3 Å². The molecule has 0 unspecified atom stereocenters. The smallest absolute Gasteiger partial charge is 0.230 e. The Balaban J connectivity index is 1.45. The largest absolute Gasteiger partial charge is 0.486 e. The highest BCUT2D eigenvalue weighted by Gasteiger charge is 2.16. The highest BCUT2D eigenvalue weighted by Crippen LogP contribution is 2.38. The van der Waals surface area contributed by atoms with Crippen LogP contribution in [0.4, 0.5) is 0 Å². The second kappa shape index (κ2) is 8.50. The number of halogens is 1. The summed E-state index contributed by atoms with van der Waals surface area (Å²) in [6, 6.07) is 11.9. The molecule has 0 saturated heterocycles. The minimum absolute atomic E-state index is 0.0224. The van der Waals surface area contributed by atoms with Crippen molar-refractivity contribution in [3.63, 3.8) is 0 Å². The molecule has 1 heterocycles. The van der Waals surface area contributed by atoms with Crippen LogP contribution >= 0.6 is 23.4 Å². The normalized spacial score (nSPS) is 12.7. The Morgan fingerprint density at radius 1 is 1.20 bits per heavy atom. The van der Waals surface area contributed by atoms with Gasteiger partial charge in [-0.3, -0.25) is 4.79 Å². The molecular weight excluding hydrogens is 358 g/mol. The first-order chi connectivity index (χ1) is 12.1. The third kappa shape index (κ3) is 5.06. The molecular formula is C19H20ClNO3S. The molecule has 1 aliphatic heterocycles. The Morgan fingerprint density at radius 3 is 2.76 bits per heavy atom. The van der Waals surface area contributed by atoms with Gasteiger partial charge in [-0.15, -0.1) is 11.8 Å². The molecule has 1 N–H and O–H groups in total. The summed E-state index contributed by atoms with van der Waals surface area (Å²) in [5.74, 6) is 1.71. The van der Waals surface area contributed by atoms with Gasteiger partial charge in [-0.2, -0.15) is 0 Å². The van der Waals surface area contributed by atoms with Gasteiger partial charge in [0.2, 0.25) is 5.91 Å². The lowest BCUT2D eigenvalue weighted by atomic mass is 10.1. The quantitative estimate of drug-likeness (QED) is 0.776. The van der Waals surface area contributed by atoms with Crippen molar-refractivity contribution in [1.82, 2.24) is 5.32 Å². The van der Waals surface area contributed by atoms with E-state index < -0.39 is 0 Å². The van der Waals surface area contributed by atoms with Gasteiger partial charge < -0.3 is 14.8 Å². The number of hydrogen-bond acceptors (Lipinski definition) is 4. The Hall–Kier alpha value is -1.85. The first-order valence-corrected chi connectivity index (χ1v) is 9.52. The van der Waals surface area contributed by atoms with Crippen molar-refractivity contribution in [2.24, 2.45) is 0 Å². The zero-order valence-corrected chi connectivity index (χ0v) is 15.6. The highest BCUT2D eigenvalue weighted by molar-refractivity contribution is 8.00. The van der Waals surface area contributed by atoms with Crippen LogP contribution in [-0.4, -0.2) is 31.4 Å². The predicted octanol–water partition coefficient (Wildman–Crippen LogP) is 3.87. The van der Waals surface area contributed by atoms with E-state index in [4.69, 9.17) is 21.1 Å². The van der Waals surface area contributed by atoms with E-state index in [9.17, 15) is 4.79 Å². The third-order valence-corrected chi connectivity index (χ3v) is 5.08. The van der Waals surface area contributed by atoms with Gasteiger partial charge in [0.05, 0.1) is 10.8 Å². The summed E-state index contributed by atoms with van der Waals surface area (Å²) < 4.78 is 11.1. The third-order valence-electron chi connectivity index (χ3n) is 3.78. The summed E-state index contributed by atoms with van der Waals surface area (Å²) in [6.07, 6.45) is 0.692. The van der Waals surface area contributed by atoms with Crippen LogP contribution in [0.5, 0.6) is 11.5 Å². The fourth-order valence-electron chi connectivity index (χ4n) is 2.49. The minimum atomic E-state index is 0.0224. The van der Waals surface area contributed by atoms with Gasteiger partial charge in [-0.05, 0) is 43.2 Å². The molecule has 3 rings (SSSR count). The summed E-state index contributed by atoms with van der Waals surface area (Å²) >= 11 is 7.76. The topological polar surface area (TPSA) is 47.6 Å². The first kappa shape index (κ1) is 18.0. The number of aryl methyl sites for hydroxylation is 1. The van der Waals surface area contributed by atoms with Gasteiger partial charge in [-0.1, -0.05) is 29.3 Å². The molecule has 0 saturated carbocycles. The zero-order chi connectivity index (χ0) is 17.6. The van der Waals surface area contributed by atoms with Gasteiger partial charge in [0.1, 0.15) is 13.2 Å². The molecule has 1 aliphatic rings. The number of thioether (sulfide) groups is 1. The van der Waals surface area contributed by atoms with Crippen molar-refractivity contribution in [2.45, 2.75) is 18.2 Å². The molecule has 4 nitrogen and oxygen atoms in total. The summed E-state index contributed by atoms with van der Waals surface area (Å²) in [5.41, 5.74) is 2.23. The fourth-order valence-corrected chi connectivity index (χ4v) is 3.51. The molecule has 0 atom stereocenters. The van der Waals surface area contributed by atoms with Crippen LogP contribution in [0.2, 0.25) is 5.02 Å². The standard InChI is InChI=1S/C19H20ClNO3S/c1-13-2-4-15(5-3-13)25-12-18(22)21-7-6-14-10-16(20)19-17(11-14)23-8-9-24-19/h2-5,10-11H,6-9,12H2,1H3,(H,21,22). The van der Waals surface area contributed by atoms with Crippen LogP contribution in [0.25, 0.3) is 0 Å². The Morgan fingerprint density at radius 2 is 1.96 bits per heavy atom.